The maximum atomic E-state index is 13.2. The Balaban J connectivity index is 1.65. The van der Waals surface area contributed by atoms with E-state index in [4.69, 9.17) is 0 Å². The monoisotopic (exact) mass is 389 g/mol. The molecule has 0 aromatic heterocycles. The Labute approximate surface area is 158 Å². The van der Waals surface area contributed by atoms with Crippen LogP contribution >= 0.6 is 0 Å². The summed E-state index contributed by atoms with van der Waals surface area (Å²) in [5.41, 5.74) is 2.73. The maximum absolute atomic E-state index is 13.2. The molecule has 2 saturated heterocycles. The normalized spacial score (nSPS) is 26.8. The van der Waals surface area contributed by atoms with Gasteiger partial charge in [-0.2, -0.15) is 0 Å². The number of carbonyl (C=O) groups is 1. The first-order chi connectivity index (χ1) is 12.8. The lowest BCUT2D eigenvalue weighted by atomic mass is 10.0. The Bertz CT molecular complexity index is 958. The zero-order valence-electron chi connectivity index (χ0n) is 15.1. The van der Waals surface area contributed by atoms with E-state index in [0.717, 1.165) is 21.7 Å². The van der Waals surface area contributed by atoms with E-state index < -0.39 is 9.84 Å². The number of fused-ring (bicyclic) bond motifs is 1. The van der Waals surface area contributed by atoms with Crippen molar-refractivity contribution >= 4 is 21.4 Å². The molecule has 2 aliphatic rings. The van der Waals surface area contributed by atoms with Crippen LogP contribution in [0.4, 0.5) is 10.1 Å². The van der Waals surface area contributed by atoms with Gasteiger partial charge in [0, 0.05) is 11.3 Å². The fourth-order valence-corrected chi connectivity index (χ4v) is 6.21. The van der Waals surface area contributed by atoms with Crippen LogP contribution in [0.3, 0.4) is 0 Å². The number of halogens is 1. The number of hydrogen-bond acceptors (Lipinski definition) is 3. The van der Waals surface area contributed by atoms with Gasteiger partial charge >= 0.3 is 0 Å². The Kier molecular flexibility index (Phi) is 4.52. The average Bonchev–Trinajstić information content (AvgIpc) is 2.93. The number of aryl methyl sites for hydroxylation is 1. The number of nitrogens with zero attached hydrogens (tertiary/aromatic N) is 1. The molecule has 0 bridgehead atoms. The highest BCUT2D eigenvalue weighted by Crippen LogP contribution is 2.26. The van der Waals surface area contributed by atoms with Crippen LogP contribution in [0.5, 0.6) is 0 Å². The summed E-state index contributed by atoms with van der Waals surface area (Å²) < 4.78 is 37.9. The van der Waals surface area contributed by atoms with Crippen molar-refractivity contribution in [3.05, 3.63) is 65.5 Å². The van der Waals surface area contributed by atoms with Crippen LogP contribution in [0.25, 0.3) is 0 Å². The highest BCUT2D eigenvalue weighted by Gasteiger charge is 2.52. The molecule has 1 unspecified atom stereocenters. The number of quaternary nitrogens is 1. The van der Waals surface area contributed by atoms with E-state index >= 15 is 0 Å². The largest absolute Gasteiger partial charge is 0.318 e. The summed E-state index contributed by atoms with van der Waals surface area (Å²) in [5, 5.41) is 0. The van der Waals surface area contributed by atoms with Gasteiger partial charge in [0.05, 0.1) is 5.75 Å². The van der Waals surface area contributed by atoms with Crippen LogP contribution in [0.2, 0.25) is 0 Å². The number of anilines is 1. The number of sulfone groups is 1. The van der Waals surface area contributed by atoms with Crippen molar-refractivity contribution in [2.75, 3.05) is 23.0 Å². The van der Waals surface area contributed by atoms with Crippen molar-refractivity contribution in [3.63, 3.8) is 0 Å². The van der Waals surface area contributed by atoms with Gasteiger partial charge in [0.1, 0.15) is 30.2 Å². The predicted molar refractivity (Wildman–Crippen MR) is 101 cm³/mol. The molecule has 2 fully saturated rings. The number of rotatable bonds is 3. The van der Waals surface area contributed by atoms with Crippen molar-refractivity contribution in [2.45, 2.75) is 25.6 Å². The number of hydrogen-bond donors (Lipinski definition) is 1. The number of benzene rings is 2. The molecule has 2 aromatic rings. The molecule has 5 nitrogen and oxygen atoms in total. The van der Waals surface area contributed by atoms with E-state index in [1.54, 1.807) is 17.0 Å². The molecule has 1 amide bonds. The SMILES string of the molecule is Cc1ccc(N2C(=O)C[NH+](Cc3ccc(F)cc3)[C@H]3CS(=O)(=O)C[C@@H]32)cc1. The summed E-state index contributed by atoms with van der Waals surface area (Å²) in [6.45, 7) is 2.70. The van der Waals surface area contributed by atoms with Gasteiger partial charge in [-0.05, 0) is 31.2 Å². The molecule has 142 valence electrons. The molecule has 27 heavy (non-hydrogen) atoms. The first kappa shape index (κ1) is 18.1. The molecule has 0 aliphatic carbocycles. The molecule has 2 heterocycles. The highest BCUT2D eigenvalue weighted by atomic mass is 32.2. The smallest absolute Gasteiger partial charge is 0.282 e. The van der Waals surface area contributed by atoms with E-state index in [1.165, 1.54) is 12.1 Å². The average molecular weight is 389 g/mol. The van der Waals surface area contributed by atoms with Gasteiger partial charge in [0.25, 0.3) is 5.91 Å². The van der Waals surface area contributed by atoms with Crippen LogP contribution in [-0.4, -0.2) is 44.5 Å². The molecule has 7 heteroatoms. The molecule has 0 radical (unpaired) electrons. The van der Waals surface area contributed by atoms with Crippen molar-refractivity contribution in [1.29, 1.82) is 0 Å². The van der Waals surface area contributed by atoms with Gasteiger partial charge in [-0.15, -0.1) is 0 Å². The van der Waals surface area contributed by atoms with E-state index in [0.29, 0.717) is 6.54 Å². The van der Waals surface area contributed by atoms with E-state index in [-0.39, 0.29) is 41.9 Å². The zero-order chi connectivity index (χ0) is 19.2. The fraction of sp³-hybridized carbons (Fsp3) is 0.350. The third-order valence-corrected chi connectivity index (χ3v) is 7.20. The summed E-state index contributed by atoms with van der Waals surface area (Å²) in [4.78, 5) is 15.5. The second kappa shape index (κ2) is 6.73. The minimum Gasteiger partial charge on any atom is -0.318 e. The van der Waals surface area contributed by atoms with Gasteiger partial charge in [-0.3, -0.25) is 9.69 Å². The van der Waals surface area contributed by atoms with Crippen LogP contribution < -0.4 is 9.80 Å². The summed E-state index contributed by atoms with van der Waals surface area (Å²) in [7, 11) is -3.21. The predicted octanol–water partition coefficient (Wildman–Crippen LogP) is 0.731. The van der Waals surface area contributed by atoms with Crippen molar-refractivity contribution in [2.24, 2.45) is 0 Å². The molecular formula is C20H22FN2O3S+. The lowest BCUT2D eigenvalue weighted by Gasteiger charge is -2.40. The van der Waals surface area contributed by atoms with E-state index in [2.05, 4.69) is 0 Å². The van der Waals surface area contributed by atoms with Gasteiger partial charge in [-0.25, -0.2) is 12.8 Å². The molecule has 2 aromatic carbocycles. The summed E-state index contributed by atoms with van der Waals surface area (Å²) >= 11 is 0. The van der Waals surface area contributed by atoms with Crippen LogP contribution in [-0.2, 0) is 21.2 Å². The Morgan fingerprint density at radius 2 is 1.74 bits per heavy atom. The Morgan fingerprint density at radius 3 is 2.41 bits per heavy atom. The standard InChI is InChI=1S/C20H21FN2O3S/c1-14-2-8-17(9-3-14)23-19-13-27(25,26)12-18(19)22(11-20(23)24)10-15-4-6-16(21)7-5-15/h2-9,18-19H,10-13H2,1H3/p+1/t18-,19-/m0/s1. The second-order valence-electron chi connectivity index (χ2n) is 7.49. The first-order valence-electron chi connectivity index (χ1n) is 9.00. The Morgan fingerprint density at radius 1 is 1.07 bits per heavy atom. The van der Waals surface area contributed by atoms with Crippen molar-refractivity contribution < 1.29 is 22.5 Å². The minimum atomic E-state index is -3.21. The molecule has 1 N–H and O–H groups in total. The zero-order valence-corrected chi connectivity index (χ0v) is 15.9. The molecule has 0 saturated carbocycles. The highest BCUT2D eigenvalue weighted by molar-refractivity contribution is 7.91. The number of carbonyl (C=O) groups excluding carboxylic acids is 1. The van der Waals surface area contributed by atoms with Gasteiger partial charge < -0.3 is 4.90 Å². The van der Waals surface area contributed by atoms with Crippen LogP contribution in [0.1, 0.15) is 11.1 Å². The third-order valence-electron chi connectivity index (χ3n) is 5.48. The summed E-state index contributed by atoms with van der Waals surface area (Å²) in [5.74, 6) is -0.321. The first-order valence-corrected chi connectivity index (χ1v) is 10.8. The fourth-order valence-electron chi connectivity index (χ4n) is 4.17. The number of nitrogens with one attached hydrogen (secondary N) is 1. The molecule has 2 aliphatic heterocycles. The van der Waals surface area contributed by atoms with Crippen LogP contribution in [0, 0.1) is 12.7 Å². The molecule has 4 rings (SSSR count). The third kappa shape index (κ3) is 3.61. The summed E-state index contributed by atoms with van der Waals surface area (Å²) in [6.07, 6.45) is 0. The number of piperazine rings is 1. The number of amides is 1. The topological polar surface area (TPSA) is 58.9 Å². The van der Waals surface area contributed by atoms with E-state index in [9.17, 15) is 17.6 Å². The maximum Gasteiger partial charge on any atom is 0.282 e. The van der Waals surface area contributed by atoms with Crippen molar-refractivity contribution in [3.8, 4) is 0 Å². The molecule has 0 spiro atoms. The molecule has 3 atom stereocenters. The van der Waals surface area contributed by atoms with Gasteiger partial charge in [0.2, 0.25) is 0 Å². The minimum absolute atomic E-state index is 0.00972. The van der Waals surface area contributed by atoms with Crippen molar-refractivity contribution in [1.82, 2.24) is 0 Å². The van der Waals surface area contributed by atoms with Gasteiger partial charge in [-0.1, -0.05) is 29.8 Å². The molecular weight excluding hydrogens is 367 g/mol. The second-order valence-corrected chi connectivity index (χ2v) is 9.64. The lowest BCUT2D eigenvalue weighted by Crippen LogP contribution is -3.19. The lowest BCUT2D eigenvalue weighted by molar-refractivity contribution is -0.931. The van der Waals surface area contributed by atoms with Crippen LogP contribution in [0.15, 0.2) is 48.5 Å². The Hall–Kier alpha value is -2.25. The van der Waals surface area contributed by atoms with Gasteiger partial charge in [0.15, 0.2) is 16.4 Å². The summed E-state index contributed by atoms with van der Waals surface area (Å²) in [6, 6.07) is 13.2. The van der Waals surface area contributed by atoms with E-state index in [1.807, 2.05) is 31.2 Å². The quantitative estimate of drug-likeness (QED) is 0.842.